The molecule has 0 unspecified atom stereocenters. The molecule has 5 nitrogen and oxygen atoms in total. The second-order valence-corrected chi connectivity index (χ2v) is 3.96. The maximum absolute atomic E-state index is 10.7. The van der Waals surface area contributed by atoms with Crippen LogP contribution >= 0.6 is 0 Å². The molecule has 3 N–H and O–H groups in total. The van der Waals surface area contributed by atoms with Gasteiger partial charge < -0.3 is 15.4 Å². The van der Waals surface area contributed by atoms with Gasteiger partial charge >= 0.3 is 5.97 Å². The number of carbonyl (C=O) groups is 1. The van der Waals surface area contributed by atoms with Crippen LogP contribution in [0.2, 0.25) is 0 Å². The fraction of sp³-hybridized carbons (Fsp3) is 0.889. The number of hydrogen-bond donors (Lipinski definition) is 3. The molecule has 0 aliphatic heterocycles. The molecule has 1 rings (SSSR count). The normalized spacial score (nSPS) is 23.4. The smallest absolute Gasteiger partial charge is 0.353 e. The Morgan fingerprint density at radius 3 is 2.29 bits per heavy atom. The molecule has 0 spiro atoms. The number of carboxylic acids is 1. The minimum Gasteiger partial charge on any atom is -0.478 e. The Bertz CT molecular complexity index is 211. The highest BCUT2D eigenvalue weighted by molar-refractivity contribution is 5.75. The third kappa shape index (κ3) is 2.23. The molecule has 0 amide bonds. The fourth-order valence-corrected chi connectivity index (χ4v) is 1.78. The zero-order valence-corrected chi connectivity index (χ0v) is 8.31. The molecule has 82 valence electrons. The summed E-state index contributed by atoms with van der Waals surface area (Å²) in [6.45, 7) is 1.09. The lowest BCUT2D eigenvalue weighted by Gasteiger charge is -2.36. The van der Waals surface area contributed by atoms with Crippen molar-refractivity contribution in [2.75, 3.05) is 0 Å². The number of rotatable bonds is 3. The van der Waals surface area contributed by atoms with E-state index >= 15 is 0 Å². The minimum absolute atomic E-state index is 0.241. The summed E-state index contributed by atoms with van der Waals surface area (Å²) in [5, 5.41) is 28.3. The van der Waals surface area contributed by atoms with Gasteiger partial charge in [-0.15, -0.1) is 5.06 Å². The molecule has 0 aromatic carbocycles. The highest BCUT2D eigenvalue weighted by atomic mass is 16.6. The quantitative estimate of drug-likeness (QED) is 0.467. The summed E-state index contributed by atoms with van der Waals surface area (Å²) in [5.74, 6) is -1.43. The summed E-state index contributed by atoms with van der Waals surface area (Å²) in [6, 6.07) is -0.241. The average Bonchev–Trinajstić information content (AvgIpc) is 2.17. The van der Waals surface area contributed by atoms with Gasteiger partial charge in [-0.05, 0) is 19.8 Å². The lowest BCUT2D eigenvalue weighted by Crippen LogP contribution is -2.55. The first-order valence-electron chi connectivity index (χ1n) is 4.90. The average molecular weight is 203 g/mol. The Labute approximate surface area is 82.9 Å². The van der Waals surface area contributed by atoms with Gasteiger partial charge in [-0.3, -0.25) is 0 Å². The molecule has 0 heterocycles. The Balaban J connectivity index is 2.62. The highest BCUT2D eigenvalue weighted by Gasteiger charge is 2.41. The molecule has 5 heteroatoms. The predicted molar refractivity (Wildman–Crippen MR) is 48.8 cm³/mol. The number of carboxylic acid groups (broad SMARTS) is 1. The highest BCUT2D eigenvalue weighted by Crippen LogP contribution is 2.25. The first-order chi connectivity index (χ1) is 6.46. The van der Waals surface area contributed by atoms with Gasteiger partial charge in [0, 0.05) is 6.04 Å². The van der Waals surface area contributed by atoms with Crippen molar-refractivity contribution in [3.8, 4) is 0 Å². The third-order valence-electron chi connectivity index (χ3n) is 2.77. The van der Waals surface area contributed by atoms with Crippen molar-refractivity contribution >= 4 is 5.97 Å². The van der Waals surface area contributed by atoms with E-state index in [2.05, 4.69) is 0 Å². The van der Waals surface area contributed by atoms with Crippen LogP contribution in [0.25, 0.3) is 0 Å². The van der Waals surface area contributed by atoms with Crippen molar-refractivity contribution in [3.05, 3.63) is 0 Å². The van der Waals surface area contributed by atoms with Gasteiger partial charge in [-0.2, -0.15) is 0 Å². The van der Waals surface area contributed by atoms with Gasteiger partial charge in [0.2, 0.25) is 5.72 Å². The molecule has 0 aromatic rings. The monoisotopic (exact) mass is 203 g/mol. The van der Waals surface area contributed by atoms with E-state index in [9.17, 15) is 15.1 Å². The number of aliphatic hydroxyl groups is 1. The molecular formula is C9H17NO4. The number of aliphatic carboxylic acids is 1. The SMILES string of the molecule is C[C@@](O)(C(=O)O)N(O)C1CCCCC1. The Kier molecular flexibility index (Phi) is 3.47. The van der Waals surface area contributed by atoms with Crippen LogP contribution in [0.15, 0.2) is 0 Å². The molecule has 1 aliphatic rings. The summed E-state index contributed by atoms with van der Waals surface area (Å²) >= 11 is 0. The molecule has 1 fully saturated rings. The molecule has 0 saturated heterocycles. The Morgan fingerprint density at radius 1 is 1.36 bits per heavy atom. The first kappa shape index (κ1) is 11.4. The summed E-state index contributed by atoms with van der Waals surface area (Å²) in [7, 11) is 0. The Morgan fingerprint density at radius 2 is 1.86 bits per heavy atom. The Hall–Kier alpha value is -0.650. The van der Waals surface area contributed by atoms with Crippen LogP contribution in [0, 0.1) is 0 Å². The minimum atomic E-state index is -2.18. The zero-order chi connectivity index (χ0) is 10.8. The maximum atomic E-state index is 10.7. The summed E-state index contributed by atoms with van der Waals surface area (Å²) in [4.78, 5) is 10.7. The van der Waals surface area contributed by atoms with Crippen molar-refractivity contribution in [2.24, 2.45) is 0 Å². The van der Waals surface area contributed by atoms with E-state index in [0.717, 1.165) is 39.0 Å². The second kappa shape index (κ2) is 4.25. The zero-order valence-electron chi connectivity index (χ0n) is 8.31. The number of hydroxylamine groups is 2. The van der Waals surface area contributed by atoms with Gasteiger partial charge in [0.05, 0.1) is 0 Å². The third-order valence-corrected chi connectivity index (χ3v) is 2.77. The van der Waals surface area contributed by atoms with Crippen LogP contribution in [0.1, 0.15) is 39.0 Å². The fourth-order valence-electron chi connectivity index (χ4n) is 1.78. The van der Waals surface area contributed by atoms with Crippen LogP contribution in [0.5, 0.6) is 0 Å². The van der Waals surface area contributed by atoms with Gasteiger partial charge in [0.1, 0.15) is 0 Å². The van der Waals surface area contributed by atoms with Crippen molar-refractivity contribution in [1.82, 2.24) is 5.06 Å². The molecule has 1 saturated carbocycles. The molecule has 0 radical (unpaired) electrons. The van der Waals surface area contributed by atoms with E-state index in [1.807, 2.05) is 0 Å². The van der Waals surface area contributed by atoms with Crippen molar-refractivity contribution < 1.29 is 20.2 Å². The lowest BCUT2D eigenvalue weighted by molar-refractivity contribution is -0.276. The van der Waals surface area contributed by atoms with Crippen LogP contribution in [-0.2, 0) is 4.79 Å². The van der Waals surface area contributed by atoms with Gasteiger partial charge in [-0.25, -0.2) is 4.79 Å². The van der Waals surface area contributed by atoms with Crippen LogP contribution < -0.4 is 0 Å². The van der Waals surface area contributed by atoms with E-state index in [1.54, 1.807) is 0 Å². The van der Waals surface area contributed by atoms with Crippen LogP contribution in [0.3, 0.4) is 0 Å². The maximum Gasteiger partial charge on any atom is 0.353 e. The summed E-state index contributed by atoms with van der Waals surface area (Å²) in [6.07, 6.45) is 4.52. The van der Waals surface area contributed by atoms with E-state index < -0.39 is 11.7 Å². The van der Waals surface area contributed by atoms with E-state index in [1.165, 1.54) is 0 Å². The van der Waals surface area contributed by atoms with E-state index in [4.69, 9.17) is 5.11 Å². The molecule has 1 aliphatic carbocycles. The number of nitrogens with zero attached hydrogens (tertiary/aromatic N) is 1. The molecule has 0 aromatic heterocycles. The molecule has 1 atom stereocenters. The van der Waals surface area contributed by atoms with Crippen molar-refractivity contribution in [3.63, 3.8) is 0 Å². The van der Waals surface area contributed by atoms with Crippen LogP contribution in [0.4, 0.5) is 0 Å². The van der Waals surface area contributed by atoms with Gasteiger partial charge in [0.25, 0.3) is 0 Å². The molecule has 14 heavy (non-hydrogen) atoms. The van der Waals surface area contributed by atoms with Crippen LogP contribution in [-0.4, -0.2) is 38.2 Å². The van der Waals surface area contributed by atoms with E-state index in [-0.39, 0.29) is 6.04 Å². The standard InChI is InChI=1S/C9H17NO4/c1-9(13,8(11)12)10(14)7-5-3-2-4-6-7/h7,13-14H,2-6H2,1H3,(H,11,12)/t9-/m1/s1. The summed E-state index contributed by atoms with van der Waals surface area (Å²) < 4.78 is 0. The van der Waals surface area contributed by atoms with Crippen molar-refractivity contribution in [2.45, 2.75) is 50.8 Å². The van der Waals surface area contributed by atoms with Gasteiger partial charge in [0.15, 0.2) is 0 Å². The largest absolute Gasteiger partial charge is 0.478 e. The first-order valence-corrected chi connectivity index (χ1v) is 4.90. The van der Waals surface area contributed by atoms with Gasteiger partial charge in [-0.1, -0.05) is 19.3 Å². The predicted octanol–water partition coefficient (Wildman–Crippen LogP) is 0.803. The van der Waals surface area contributed by atoms with E-state index in [0.29, 0.717) is 5.06 Å². The molecular weight excluding hydrogens is 186 g/mol. The topological polar surface area (TPSA) is 81.0 Å². The van der Waals surface area contributed by atoms with Crippen molar-refractivity contribution in [1.29, 1.82) is 0 Å². The lowest BCUT2D eigenvalue weighted by atomic mass is 9.94. The second-order valence-electron chi connectivity index (χ2n) is 3.96. The summed E-state index contributed by atoms with van der Waals surface area (Å²) in [5.41, 5.74) is -2.18. The molecule has 0 bridgehead atoms. The number of hydrogen-bond acceptors (Lipinski definition) is 4.